The van der Waals surface area contributed by atoms with Crippen molar-refractivity contribution in [2.45, 2.75) is 13.8 Å². The maximum Gasteiger partial charge on any atom is 0.176 e. The highest BCUT2D eigenvalue weighted by molar-refractivity contribution is 7.14. The zero-order valence-corrected chi connectivity index (χ0v) is 20.2. The molecule has 0 radical (unpaired) electrons. The Balaban J connectivity index is 1.58. The number of hydrogen-bond acceptors (Lipinski definition) is 6. The third-order valence-corrected chi connectivity index (χ3v) is 6.56. The van der Waals surface area contributed by atoms with E-state index in [2.05, 4.69) is 45.1 Å². The van der Waals surface area contributed by atoms with Crippen molar-refractivity contribution in [1.82, 2.24) is 35.5 Å². The topological polar surface area (TPSA) is 95.2 Å². The van der Waals surface area contributed by atoms with Crippen molar-refractivity contribution in [3.63, 3.8) is 0 Å². The van der Waals surface area contributed by atoms with E-state index < -0.39 is 0 Å². The van der Waals surface area contributed by atoms with Crippen molar-refractivity contribution in [2.24, 2.45) is 0 Å². The number of nitrogens with zero attached hydrogens (tertiary/aromatic N) is 4. The summed E-state index contributed by atoms with van der Waals surface area (Å²) in [6.45, 7) is 9.61. The van der Waals surface area contributed by atoms with Gasteiger partial charge in [0.05, 0.1) is 22.9 Å². The molecule has 0 aliphatic carbocycles. The lowest BCUT2D eigenvalue weighted by atomic mass is 10.1. The van der Waals surface area contributed by atoms with Crippen molar-refractivity contribution in [2.75, 3.05) is 13.1 Å². The van der Waals surface area contributed by atoms with Crippen LogP contribution in [0.3, 0.4) is 0 Å². The summed E-state index contributed by atoms with van der Waals surface area (Å²) in [5.41, 5.74) is 7.24. The van der Waals surface area contributed by atoms with Gasteiger partial charge in [0, 0.05) is 23.2 Å². The van der Waals surface area contributed by atoms with E-state index >= 15 is 0 Å². The van der Waals surface area contributed by atoms with Gasteiger partial charge in [0.2, 0.25) is 0 Å². The number of imidazole rings is 1. The highest BCUT2D eigenvalue weighted by atomic mass is 32.1. The number of aromatic nitrogens is 6. The molecule has 35 heavy (non-hydrogen) atoms. The van der Waals surface area contributed by atoms with Gasteiger partial charge in [0.25, 0.3) is 0 Å². The molecule has 0 saturated carbocycles. The van der Waals surface area contributed by atoms with Gasteiger partial charge in [0.15, 0.2) is 16.6 Å². The molecule has 0 aliphatic heterocycles. The zero-order valence-electron chi connectivity index (χ0n) is 19.4. The predicted molar refractivity (Wildman–Crippen MR) is 141 cm³/mol. The Bertz CT molecular complexity index is 1590. The molecule has 0 spiro atoms. The second-order valence-corrected chi connectivity index (χ2v) is 8.92. The summed E-state index contributed by atoms with van der Waals surface area (Å²) in [5.74, 6) is 0.568. The maximum atomic E-state index is 13.6. The van der Waals surface area contributed by atoms with Crippen LogP contribution in [0, 0.1) is 5.13 Å². The summed E-state index contributed by atoms with van der Waals surface area (Å²) in [6.07, 6.45) is 9.38. The number of rotatable bonds is 8. The van der Waals surface area contributed by atoms with Gasteiger partial charge >= 0.3 is 0 Å². The molecule has 0 aromatic carbocycles. The minimum absolute atomic E-state index is 0.248. The van der Waals surface area contributed by atoms with E-state index in [1.54, 1.807) is 18.5 Å². The fourth-order valence-electron chi connectivity index (χ4n) is 3.87. The zero-order chi connectivity index (χ0) is 24.4. The lowest BCUT2D eigenvalue weighted by Gasteiger charge is -2.06. The number of halogens is 1. The molecular weight excluding hydrogens is 461 g/mol. The second-order valence-electron chi connectivity index (χ2n) is 7.88. The third kappa shape index (κ3) is 4.43. The normalized spacial score (nSPS) is 12.7. The average molecular weight is 486 g/mol. The van der Waals surface area contributed by atoms with Crippen LogP contribution in [0.1, 0.15) is 19.5 Å². The van der Waals surface area contributed by atoms with E-state index in [-0.39, 0.29) is 5.13 Å². The number of hydrogen-bond donors (Lipinski definition) is 3. The molecule has 7 nitrogen and oxygen atoms in total. The Hall–Kier alpha value is -3.95. The van der Waals surface area contributed by atoms with Crippen LogP contribution < -0.4 is 5.32 Å². The van der Waals surface area contributed by atoms with Crippen LogP contribution in [0.4, 0.5) is 4.39 Å². The summed E-state index contributed by atoms with van der Waals surface area (Å²) >= 11 is 1.07. The van der Waals surface area contributed by atoms with E-state index in [9.17, 15) is 4.39 Å². The summed E-state index contributed by atoms with van der Waals surface area (Å²) in [6, 6.07) is 7.12. The monoisotopic (exact) mass is 485 g/mol. The summed E-state index contributed by atoms with van der Waals surface area (Å²) in [5, 5.41) is 10.6. The molecule has 0 fully saturated rings. The standard InChI is InChI=1S/C26H24FN7S/c1-4-15(12-28-6-3)11-16(5-2)18-7-8-19-24(30-18)25(34-33-19)26-31-20-14-29-13-17(23(20)32-26)21-9-10-22(27)35-21/h4-5,7-11,13-14,28H,1,6,12H2,2-3H3,(H,31,32)(H,33,34)/b15-11+,16-5+. The fraction of sp³-hybridized carbons (Fsp3) is 0.154. The SMILES string of the molecule is C=C/C(=C\C(=C/C)c1ccc2[nH]nc(-c3nc4c(-c5ccc(F)s5)cncc4[nH]3)c2n1)CNCC. The number of thiophene rings is 1. The summed E-state index contributed by atoms with van der Waals surface area (Å²) < 4.78 is 13.6. The third-order valence-electron chi connectivity index (χ3n) is 5.65. The molecule has 0 unspecified atom stereocenters. The number of allylic oxidation sites excluding steroid dienone is 3. The van der Waals surface area contributed by atoms with E-state index in [0.717, 1.165) is 62.7 Å². The molecule has 5 aromatic heterocycles. The molecule has 9 heteroatoms. The highest BCUT2D eigenvalue weighted by Crippen LogP contribution is 2.33. The minimum Gasteiger partial charge on any atom is -0.335 e. The number of H-pyrrole nitrogens is 2. The van der Waals surface area contributed by atoms with Crippen molar-refractivity contribution >= 4 is 39.0 Å². The van der Waals surface area contributed by atoms with Gasteiger partial charge in [-0.05, 0) is 55.0 Å². The van der Waals surface area contributed by atoms with Gasteiger partial charge in [-0.3, -0.25) is 10.1 Å². The molecule has 0 aliphatic rings. The first-order valence-corrected chi connectivity index (χ1v) is 12.1. The van der Waals surface area contributed by atoms with Crippen molar-refractivity contribution in [3.05, 3.63) is 77.9 Å². The Labute approximate surface area is 205 Å². The van der Waals surface area contributed by atoms with Gasteiger partial charge in [-0.25, -0.2) is 9.97 Å². The van der Waals surface area contributed by atoms with E-state index in [1.807, 2.05) is 31.2 Å². The maximum absolute atomic E-state index is 13.6. The van der Waals surface area contributed by atoms with Crippen LogP contribution >= 0.6 is 11.3 Å². The van der Waals surface area contributed by atoms with Crippen molar-refractivity contribution < 1.29 is 4.39 Å². The molecule has 5 aromatic rings. The molecular formula is C26H24FN7S. The first-order valence-electron chi connectivity index (χ1n) is 11.3. The minimum atomic E-state index is -0.248. The second kappa shape index (κ2) is 9.73. The molecule has 5 heterocycles. The van der Waals surface area contributed by atoms with Gasteiger partial charge in [-0.1, -0.05) is 25.7 Å². The Morgan fingerprint density at radius 1 is 1.14 bits per heavy atom. The lowest BCUT2D eigenvalue weighted by Crippen LogP contribution is -2.15. The smallest absolute Gasteiger partial charge is 0.176 e. The van der Waals surface area contributed by atoms with Crippen LogP contribution in [0.5, 0.6) is 0 Å². The van der Waals surface area contributed by atoms with E-state index in [4.69, 9.17) is 9.97 Å². The summed E-state index contributed by atoms with van der Waals surface area (Å²) in [7, 11) is 0. The first kappa shape index (κ1) is 22.8. The van der Waals surface area contributed by atoms with Crippen LogP contribution in [-0.2, 0) is 0 Å². The van der Waals surface area contributed by atoms with Crippen LogP contribution in [-0.4, -0.2) is 43.2 Å². The van der Waals surface area contributed by atoms with Crippen LogP contribution in [0.2, 0.25) is 0 Å². The van der Waals surface area contributed by atoms with Gasteiger partial charge in [-0.2, -0.15) is 9.49 Å². The number of aromatic amines is 2. The van der Waals surface area contributed by atoms with Gasteiger partial charge in [-0.15, -0.1) is 11.3 Å². The highest BCUT2D eigenvalue weighted by Gasteiger charge is 2.18. The molecule has 0 amide bonds. The Kier molecular flexibility index (Phi) is 6.35. The van der Waals surface area contributed by atoms with Crippen molar-refractivity contribution in [1.29, 1.82) is 0 Å². The lowest BCUT2D eigenvalue weighted by molar-refractivity contribution is 0.657. The fourth-order valence-corrected chi connectivity index (χ4v) is 4.61. The summed E-state index contributed by atoms with van der Waals surface area (Å²) in [4.78, 5) is 18.1. The molecule has 0 atom stereocenters. The van der Waals surface area contributed by atoms with Crippen LogP contribution in [0.15, 0.2) is 67.0 Å². The van der Waals surface area contributed by atoms with E-state index in [0.29, 0.717) is 22.6 Å². The Morgan fingerprint density at radius 2 is 2.03 bits per heavy atom. The quantitative estimate of drug-likeness (QED) is 0.238. The number of likely N-dealkylation sites (N-methyl/N-ethyl adjacent to an activating group) is 1. The molecule has 0 bridgehead atoms. The van der Waals surface area contributed by atoms with Gasteiger partial charge in [0.1, 0.15) is 11.0 Å². The molecule has 176 valence electrons. The Morgan fingerprint density at radius 3 is 2.77 bits per heavy atom. The number of nitrogens with one attached hydrogen (secondary N) is 3. The average Bonchev–Trinajstić information content (AvgIpc) is 3.61. The number of fused-ring (bicyclic) bond motifs is 2. The first-order chi connectivity index (χ1) is 17.1. The number of pyridine rings is 2. The predicted octanol–water partition coefficient (Wildman–Crippen LogP) is 5.89. The van der Waals surface area contributed by atoms with Gasteiger partial charge < -0.3 is 10.3 Å². The van der Waals surface area contributed by atoms with E-state index in [1.165, 1.54) is 6.07 Å². The molecule has 3 N–H and O–H groups in total. The largest absolute Gasteiger partial charge is 0.335 e. The molecule has 5 rings (SSSR count). The van der Waals surface area contributed by atoms with Crippen molar-refractivity contribution in [3.8, 4) is 22.0 Å². The van der Waals surface area contributed by atoms with Crippen LogP contribution in [0.25, 0.3) is 49.6 Å². The molecule has 0 saturated heterocycles.